The van der Waals surface area contributed by atoms with Gasteiger partial charge in [-0.3, -0.25) is 4.79 Å². The van der Waals surface area contributed by atoms with Crippen LogP contribution in [-0.2, 0) is 9.53 Å². The van der Waals surface area contributed by atoms with E-state index in [1.807, 2.05) is 0 Å². The number of nitrogens with zero attached hydrogens (tertiary/aromatic N) is 1. The molecule has 1 rings (SSSR count). The van der Waals surface area contributed by atoms with Crippen LogP contribution in [0.2, 0.25) is 0 Å². The minimum absolute atomic E-state index is 0.0193. The van der Waals surface area contributed by atoms with Gasteiger partial charge in [0.05, 0.1) is 0 Å². The van der Waals surface area contributed by atoms with Gasteiger partial charge in [-0.05, 0) is 33.7 Å². The van der Waals surface area contributed by atoms with E-state index in [9.17, 15) is 9.59 Å². The lowest BCUT2D eigenvalue weighted by Crippen LogP contribution is -2.44. The summed E-state index contributed by atoms with van der Waals surface area (Å²) in [6.07, 6.45) is 0.448. The van der Waals surface area contributed by atoms with Crippen molar-refractivity contribution < 1.29 is 14.3 Å². The molecule has 0 saturated carbocycles. The molecular formula is C12H23N3O3. The molecule has 2 N–H and O–H groups in total. The molecule has 6 nitrogen and oxygen atoms in total. The van der Waals surface area contributed by atoms with E-state index in [-0.39, 0.29) is 18.5 Å². The topological polar surface area (TPSA) is 70.7 Å². The van der Waals surface area contributed by atoms with Gasteiger partial charge in [-0.2, -0.15) is 0 Å². The number of hydrogen-bond acceptors (Lipinski definition) is 4. The summed E-state index contributed by atoms with van der Waals surface area (Å²) in [5.41, 5.74) is -0.544. The summed E-state index contributed by atoms with van der Waals surface area (Å²) in [6, 6.07) is 0.171. The lowest BCUT2D eigenvalue weighted by Gasteiger charge is -2.24. The number of carbonyl (C=O) groups excluding carboxylic acids is 2. The summed E-state index contributed by atoms with van der Waals surface area (Å²) >= 11 is 0. The first-order chi connectivity index (χ1) is 8.28. The van der Waals surface area contributed by atoms with Gasteiger partial charge in [-0.1, -0.05) is 0 Å². The Balaban J connectivity index is 2.31. The molecule has 0 bridgehead atoms. The maximum absolute atomic E-state index is 11.7. The van der Waals surface area contributed by atoms with E-state index >= 15 is 0 Å². The monoisotopic (exact) mass is 257 g/mol. The molecule has 0 unspecified atom stereocenters. The van der Waals surface area contributed by atoms with Crippen molar-refractivity contribution in [1.29, 1.82) is 0 Å². The molecule has 1 heterocycles. The first-order valence-electron chi connectivity index (χ1n) is 6.22. The molecule has 18 heavy (non-hydrogen) atoms. The van der Waals surface area contributed by atoms with E-state index in [2.05, 4.69) is 10.6 Å². The Labute approximate surface area is 108 Å². The van der Waals surface area contributed by atoms with Crippen LogP contribution >= 0.6 is 0 Å². The smallest absolute Gasteiger partial charge is 0.410 e. The summed E-state index contributed by atoms with van der Waals surface area (Å²) in [5, 5.41) is 6.04. The summed E-state index contributed by atoms with van der Waals surface area (Å²) in [6.45, 7) is 7.12. The van der Waals surface area contributed by atoms with Crippen LogP contribution in [0.15, 0.2) is 0 Å². The third-order valence-corrected chi connectivity index (χ3v) is 2.51. The molecular weight excluding hydrogens is 234 g/mol. The number of nitrogens with one attached hydrogen (secondary N) is 2. The highest BCUT2D eigenvalue weighted by Crippen LogP contribution is 2.08. The van der Waals surface area contributed by atoms with Crippen LogP contribution in [0.4, 0.5) is 4.79 Å². The molecule has 1 fully saturated rings. The first kappa shape index (κ1) is 14.8. The molecule has 0 radical (unpaired) electrons. The van der Waals surface area contributed by atoms with Gasteiger partial charge in [0.15, 0.2) is 0 Å². The van der Waals surface area contributed by atoms with Gasteiger partial charge in [-0.25, -0.2) is 4.79 Å². The molecule has 1 atom stereocenters. The molecule has 104 valence electrons. The molecule has 0 aromatic carbocycles. The van der Waals surface area contributed by atoms with Crippen LogP contribution in [0.25, 0.3) is 0 Å². The number of hydrogen-bond donors (Lipinski definition) is 2. The minimum Gasteiger partial charge on any atom is -0.444 e. The van der Waals surface area contributed by atoms with Crippen molar-refractivity contribution in [1.82, 2.24) is 15.5 Å². The maximum Gasteiger partial charge on any atom is 0.410 e. The van der Waals surface area contributed by atoms with Crippen LogP contribution in [0.3, 0.4) is 0 Å². The highest BCUT2D eigenvalue weighted by atomic mass is 16.6. The van der Waals surface area contributed by atoms with Crippen LogP contribution in [0.1, 0.15) is 27.2 Å². The predicted molar refractivity (Wildman–Crippen MR) is 68.3 cm³/mol. The maximum atomic E-state index is 11.7. The Hall–Kier alpha value is -1.30. The van der Waals surface area contributed by atoms with Crippen molar-refractivity contribution in [2.75, 3.05) is 26.7 Å². The second-order valence-corrected chi connectivity index (χ2v) is 5.59. The van der Waals surface area contributed by atoms with Gasteiger partial charge in [0.25, 0.3) is 0 Å². The molecule has 2 amide bonds. The van der Waals surface area contributed by atoms with Crippen LogP contribution in [0, 0.1) is 0 Å². The summed E-state index contributed by atoms with van der Waals surface area (Å²) < 4.78 is 5.17. The largest absolute Gasteiger partial charge is 0.444 e. The first-order valence-corrected chi connectivity index (χ1v) is 6.22. The zero-order chi connectivity index (χ0) is 13.8. The Morgan fingerprint density at radius 1 is 1.44 bits per heavy atom. The molecule has 0 aliphatic carbocycles. The molecule has 0 spiro atoms. The fourth-order valence-electron chi connectivity index (χ4n) is 1.67. The van der Waals surface area contributed by atoms with E-state index in [1.165, 1.54) is 4.90 Å². The van der Waals surface area contributed by atoms with E-state index in [0.717, 1.165) is 19.5 Å². The van der Waals surface area contributed by atoms with Gasteiger partial charge in [-0.15, -0.1) is 0 Å². The van der Waals surface area contributed by atoms with E-state index in [4.69, 9.17) is 4.74 Å². The highest BCUT2D eigenvalue weighted by Gasteiger charge is 2.22. The summed E-state index contributed by atoms with van der Waals surface area (Å²) in [4.78, 5) is 24.6. The Morgan fingerprint density at radius 2 is 2.11 bits per heavy atom. The van der Waals surface area contributed by atoms with Crippen LogP contribution in [-0.4, -0.2) is 55.2 Å². The highest BCUT2D eigenvalue weighted by molar-refractivity contribution is 5.82. The van der Waals surface area contributed by atoms with Gasteiger partial charge in [0.1, 0.15) is 12.1 Å². The van der Waals surface area contributed by atoms with Crippen molar-refractivity contribution in [3.8, 4) is 0 Å². The lowest BCUT2D eigenvalue weighted by atomic mass is 10.2. The quantitative estimate of drug-likeness (QED) is 0.764. The third kappa shape index (κ3) is 5.35. The fraction of sp³-hybridized carbons (Fsp3) is 0.833. The van der Waals surface area contributed by atoms with E-state index in [0.29, 0.717) is 0 Å². The Kier molecular flexibility index (Phi) is 4.95. The van der Waals surface area contributed by atoms with Crippen molar-refractivity contribution in [2.45, 2.75) is 38.8 Å². The number of rotatable bonds is 3. The average molecular weight is 257 g/mol. The van der Waals surface area contributed by atoms with Crippen molar-refractivity contribution in [2.24, 2.45) is 0 Å². The number of amides is 2. The molecule has 1 saturated heterocycles. The average Bonchev–Trinajstić information content (AvgIpc) is 2.67. The molecule has 0 aromatic rings. The fourth-order valence-corrected chi connectivity index (χ4v) is 1.67. The lowest BCUT2D eigenvalue weighted by molar-refractivity contribution is -0.122. The molecule has 6 heteroatoms. The van der Waals surface area contributed by atoms with Gasteiger partial charge in [0, 0.05) is 19.6 Å². The Morgan fingerprint density at radius 3 is 2.61 bits per heavy atom. The zero-order valence-electron chi connectivity index (χ0n) is 11.6. The molecule has 0 aromatic heterocycles. The number of carbonyl (C=O) groups is 2. The normalized spacial score (nSPS) is 19.4. The summed E-state index contributed by atoms with van der Waals surface area (Å²) in [7, 11) is 1.56. The van der Waals surface area contributed by atoms with Crippen LogP contribution in [0.5, 0.6) is 0 Å². The van der Waals surface area contributed by atoms with E-state index < -0.39 is 11.7 Å². The SMILES string of the molecule is CN(CC(=O)N[C@@H]1CCNC1)C(=O)OC(C)(C)C. The van der Waals surface area contributed by atoms with Gasteiger partial charge in [0.2, 0.25) is 5.91 Å². The number of ether oxygens (including phenoxy) is 1. The third-order valence-electron chi connectivity index (χ3n) is 2.51. The van der Waals surface area contributed by atoms with Crippen LogP contribution < -0.4 is 10.6 Å². The molecule has 1 aliphatic heterocycles. The van der Waals surface area contributed by atoms with Crippen molar-refractivity contribution >= 4 is 12.0 Å². The van der Waals surface area contributed by atoms with Gasteiger partial charge >= 0.3 is 6.09 Å². The second kappa shape index (κ2) is 6.04. The van der Waals surface area contributed by atoms with Gasteiger partial charge < -0.3 is 20.3 Å². The minimum atomic E-state index is -0.544. The second-order valence-electron chi connectivity index (χ2n) is 5.59. The predicted octanol–water partition coefficient (Wildman–Crippen LogP) is 0.331. The summed E-state index contributed by atoms with van der Waals surface area (Å²) in [5.74, 6) is -0.156. The molecule has 1 aliphatic rings. The zero-order valence-corrected chi connectivity index (χ0v) is 11.6. The van der Waals surface area contributed by atoms with Crippen molar-refractivity contribution in [3.63, 3.8) is 0 Å². The number of likely N-dealkylation sites (N-methyl/N-ethyl adjacent to an activating group) is 1. The standard InChI is InChI=1S/C12H23N3O3/c1-12(2,3)18-11(17)15(4)8-10(16)14-9-5-6-13-7-9/h9,13H,5-8H2,1-4H3,(H,14,16)/t9-/m1/s1. The van der Waals surface area contributed by atoms with E-state index in [1.54, 1.807) is 27.8 Å². The Bertz CT molecular complexity index is 306. The van der Waals surface area contributed by atoms with Crippen molar-refractivity contribution in [3.05, 3.63) is 0 Å².